The van der Waals surface area contributed by atoms with Crippen LogP contribution in [0.4, 0.5) is 0 Å². The predicted molar refractivity (Wildman–Crippen MR) is 161 cm³/mol. The average molecular weight is 500 g/mol. The minimum atomic E-state index is 0.917. The van der Waals surface area contributed by atoms with Gasteiger partial charge in [-0.05, 0) is 48.0 Å². The van der Waals surface area contributed by atoms with Gasteiger partial charge in [-0.25, -0.2) is 0 Å². The van der Waals surface area contributed by atoms with Gasteiger partial charge in [0.25, 0.3) is 0 Å². The van der Waals surface area contributed by atoms with Gasteiger partial charge in [0, 0.05) is 43.6 Å². The highest BCUT2D eigenvalue weighted by atomic mass is 16.3. The molecule has 0 atom stereocenters. The molecular weight excluding hydrogens is 478 g/mol. The Morgan fingerprint density at radius 1 is 0.410 bits per heavy atom. The Kier molecular flexibility index (Phi) is 4.05. The van der Waals surface area contributed by atoms with Crippen LogP contribution in [-0.2, 0) is 0 Å². The summed E-state index contributed by atoms with van der Waals surface area (Å²) >= 11 is 0. The Labute approximate surface area is 223 Å². The van der Waals surface area contributed by atoms with E-state index in [9.17, 15) is 0 Å². The molecule has 0 N–H and O–H groups in total. The lowest BCUT2D eigenvalue weighted by molar-refractivity contribution is 0.669. The summed E-state index contributed by atoms with van der Waals surface area (Å²) in [6.07, 6.45) is 0. The van der Waals surface area contributed by atoms with E-state index in [-0.39, 0.29) is 0 Å². The Bertz CT molecular complexity index is 2380. The van der Waals surface area contributed by atoms with Crippen molar-refractivity contribution in [3.05, 3.63) is 127 Å². The molecule has 39 heavy (non-hydrogen) atoms. The minimum absolute atomic E-state index is 0.917. The molecule has 0 bridgehead atoms. The van der Waals surface area contributed by atoms with Crippen molar-refractivity contribution in [3.63, 3.8) is 0 Å². The number of nitrogens with zero attached hydrogens (tertiary/aromatic N) is 1. The van der Waals surface area contributed by atoms with Crippen LogP contribution in [0, 0.1) is 0 Å². The van der Waals surface area contributed by atoms with Crippen molar-refractivity contribution in [2.75, 3.05) is 0 Å². The van der Waals surface area contributed by atoms with E-state index in [0.717, 1.165) is 55.3 Å². The number of hydrogen-bond donors (Lipinski definition) is 0. The molecule has 0 fully saturated rings. The molecule has 9 rings (SSSR count). The lowest BCUT2D eigenvalue weighted by atomic mass is 10.0. The van der Waals surface area contributed by atoms with Gasteiger partial charge in [-0.15, -0.1) is 0 Å². The second kappa shape index (κ2) is 7.62. The standard InChI is InChI=1S/C36H21NO2/c1-4-13-29-27(9-1)34-30(20-21-33-35(34)28-10-3-6-15-32(28)38-33)37(29)23-18-16-22(17-19-23)24-11-7-12-26-25-8-2-5-14-31(25)39-36(24)26/h1-21H. The van der Waals surface area contributed by atoms with E-state index in [1.165, 1.54) is 27.2 Å². The first-order chi connectivity index (χ1) is 19.3. The molecule has 0 aliphatic rings. The smallest absolute Gasteiger partial charge is 0.143 e. The van der Waals surface area contributed by atoms with Crippen LogP contribution in [0.1, 0.15) is 0 Å². The summed E-state index contributed by atoms with van der Waals surface area (Å²) in [5.74, 6) is 0. The summed E-state index contributed by atoms with van der Waals surface area (Å²) in [5, 5.41) is 7.06. The fraction of sp³-hybridized carbons (Fsp3) is 0. The van der Waals surface area contributed by atoms with Gasteiger partial charge in [0.2, 0.25) is 0 Å². The number of benzene rings is 6. The van der Waals surface area contributed by atoms with E-state index in [2.05, 4.69) is 108 Å². The molecular formula is C36H21NO2. The number of furan rings is 2. The van der Waals surface area contributed by atoms with Crippen molar-refractivity contribution in [2.24, 2.45) is 0 Å². The summed E-state index contributed by atoms with van der Waals surface area (Å²) in [7, 11) is 0. The summed E-state index contributed by atoms with van der Waals surface area (Å²) in [5.41, 5.74) is 9.38. The maximum Gasteiger partial charge on any atom is 0.143 e. The second-order valence-corrected chi connectivity index (χ2v) is 10.1. The van der Waals surface area contributed by atoms with E-state index >= 15 is 0 Å². The zero-order chi connectivity index (χ0) is 25.5. The number of para-hydroxylation sites is 4. The number of rotatable bonds is 2. The third kappa shape index (κ3) is 2.82. The quantitative estimate of drug-likeness (QED) is 0.237. The lowest BCUT2D eigenvalue weighted by Crippen LogP contribution is -1.93. The third-order valence-electron chi connectivity index (χ3n) is 8.02. The first-order valence-corrected chi connectivity index (χ1v) is 13.2. The van der Waals surface area contributed by atoms with Crippen molar-refractivity contribution < 1.29 is 8.83 Å². The van der Waals surface area contributed by atoms with Gasteiger partial charge in [-0.1, -0.05) is 84.9 Å². The predicted octanol–water partition coefficient (Wildman–Crippen LogP) is 10.2. The molecule has 182 valence electrons. The number of hydrogen-bond acceptors (Lipinski definition) is 2. The maximum absolute atomic E-state index is 6.31. The monoisotopic (exact) mass is 499 g/mol. The average Bonchev–Trinajstić information content (AvgIpc) is 3.66. The van der Waals surface area contributed by atoms with Crippen LogP contribution >= 0.6 is 0 Å². The van der Waals surface area contributed by atoms with Crippen LogP contribution in [0.15, 0.2) is 136 Å². The molecule has 9 aromatic rings. The van der Waals surface area contributed by atoms with E-state index < -0.39 is 0 Å². The molecule has 3 heteroatoms. The lowest BCUT2D eigenvalue weighted by Gasteiger charge is -2.10. The fourth-order valence-corrected chi connectivity index (χ4v) is 6.32. The number of aromatic nitrogens is 1. The van der Waals surface area contributed by atoms with Crippen molar-refractivity contribution >= 4 is 65.7 Å². The van der Waals surface area contributed by atoms with E-state index in [1.807, 2.05) is 24.3 Å². The first kappa shape index (κ1) is 20.7. The molecule has 0 amide bonds. The zero-order valence-corrected chi connectivity index (χ0v) is 20.9. The molecule has 3 heterocycles. The van der Waals surface area contributed by atoms with Crippen molar-refractivity contribution in [3.8, 4) is 16.8 Å². The molecule has 0 saturated heterocycles. The molecule has 6 aromatic carbocycles. The van der Waals surface area contributed by atoms with Crippen LogP contribution in [0.2, 0.25) is 0 Å². The molecule has 0 radical (unpaired) electrons. The molecule has 0 aliphatic heterocycles. The van der Waals surface area contributed by atoms with Crippen LogP contribution in [0.3, 0.4) is 0 Å². The van der Waals surface area contributed by atoms with Crippen LogP contribution < -0.4 is 0 Å². The van der Waals surface area contributed by atoms with Crippen molar-refractivity contribution in [1.29, 1.82) is 0 Å². The molecule has 0 aliphatic carbocycles. The van der Waals surface area contributed by atoms with Gasteiger partial charge >= 0.3 is 0 Å². The van der Waals surface area contributed by atoms with Gasteiger partial charge in [-0.2, -0.15) is 0 Å². The highest BCUT2D eigenvalue weighted by molar-refractivity contribution is 6.27. The van der Waals surface area contributed by atoms with Crippen LogP contribution in [-0.4, -0.2) is 4.57 Å². The highest BCUT2D eigenvalue weighted by Gasteiger charge is 2.18. The Morgan fingerprint density at radius 3 is 1.95 bits per heavy atom. The second-order valence-electron chi connectivity index (χ2n) is 10.1. The Balaban J connectivity index is 1.28. The summed E-state index contributed by atoms with van der Waals surface area (Å²) in [6.45, 7) is 0. The summed E-state index contributed by atoms with van der Waals surface area (Å²) in [6, 6.07) is 44.7. The van der Waals surface area contributed by atoms with Gasteiger partial charge in [-0.3, -0.25) is 0 Å². The van der Waals surface area contributed by atoms with E-state index in [1.54, 1.807) is 0 Å². The molecule has 3 nitrogen and oxygen atoms in total. The highest BCUT2D eigenvalue weighted by Crippen LogP contribution is 2.41. The largest absolute Gasteiger partial charge is 0.456 e. The first-order valence-electron chi connectivity index (χ1n) is 13.2. The Hall–Kier alpha value is -5.28. The molecule has 0 unspecified atom stereocenters. The van der Waals surface area contributed by atoms with Gasteiger partial charge in [0.05, 0.1) is 11.0 Å². The minimum Gasteiger partial charge on any atom is -0.456 e. The number of fused-ring (bicyclic) bond motifs is 10. The maximum atomic E-state index is 6.31. The van der Waals surface area contributed by atoms with E-state index in [0.29, 0.717) is 0 Å². The topological polar surface area (TPSA) is 31.2 Å². The van der Waals surface area contributed by atoms with Crippen LogP contribution in [0.25, 0.3) is 82.5 Å². The third-order valence-corrected chi connectivity index (χ3v) is 8.02. The van der Waals surface area contributed by atoms with E-state index in [4.69, 9.17) is 8.83 Å². The summed E-state index contributed by atoms with van der Waals surface area (Å²) in [4.78, 5) is 0. The Morgan fingerprint density at radius 2 is 1.10 bits per heavy atom. The fourth-order valence-electron chi connectivity index (χ4n) is 6.32. The van der Waals surface area contributed by atoms with Gasteiger partial charge < -0.3 is 13.4 Å². The molecule has 0 spiro atoms. The molecule has 3 aromatic heterocycles. The molecule has 0 saturated carbocycles. The normalized spacial score (nSPS) is 12.1. The van der Waals surface area contributed by atoms with Gasteiger partial charge in [0.15, 0.2) is 0 Å². The van der Waals surface area contributed by atoms with Crippen molar-refractivity contribution in [2.45, 2.75) is 0 Å². The summed E-state index contributed by atoms with van der Waals surface area (Å²) < 4.78 is 14.9. The van der Waals surface area contributed by atoms with Crippen LogP contribution in [0.5, 0.6) is 0 Å². The van der Waals surface area contributed by atoms with Crippen molar-refractivity contribution in [1.82, 2.24) is 4.57 Å². The van der Waals surface area contributed by atoms with Gasteiger partial charge in [0.1, 0.15) is 22.3 Å². The SMILES string of the molecule is c1ccc2c(c1)oc1c(-c3ccc(-n4c5ccccc5c5c6c(ccc54)oc4ccccc46)cc3)cccc12. The zero-order valence-electron chi connectivity index (χ0n) is 20.9.